The number of fused-ring (bicyclic) bond motifs is 2. The highest BCUT2D eigenvalue weighted by molar-refractivity contribution is 5.78. The van der Waals surface area contributed by atoms with Crippen molar-refractivity contribution >= 4 is 5.97 Å². The Balaban J connectivity index is 2.22. The van der Waals surface area contributed by atoms with E-state index in [1.807, 2.05) is 0 Å². The van der Waals surface area contributed by atoms with Crippen LogP contribution in [0.1, 0.15) is 38.5 Å². The quantitative estimate of drug-likeness (QED) is 0.573. The number of rotatable bonds is 1. The molecule has 0 aromatic heterocycles. The molecule has 0 heterocycles. The summed E-state index contributed by atoms with van der Waals surface area (Å²) in [7, 11) is 0. The van der Waals surface area contributed by atoms with Crippen LogP contribution in [-0.4, -0.2) is 27.3 Å². The van der Waals surface area contributed by atoms with Crippen molar-refractivity contribution in [3.05, 3.63) is 0 Å². The fourth-order valence-electron chi connectivity index (χ4n) is 3.13. The average Bonchev–Trinajstić information content (AvgIpc) is 2.00. The van der Waals surface area contributed by atoms with E-state index in [-0.39, 0.29) is 6.42 Å². The Bertz CT molecular complexity index is 268. The van der Waals surface area contributed by atoms with Gasteiger partial charge in [-0.1, -0.05) is 12.8 Å². The third-order valence-electron chi connectivity index (χ3n) is 3.65. The van der Waals surface area contributed by atoms with Crippen LogP contribution in [0.15, 0.2) is 0 Å². The molecule has 80 valence electrons. The zero-order valence-corrected chi connectivity index (χ0v) is 8.20. The number of hydrogen-bond acceptors (Lipinski definition) is 3. The largest absolute Gasteiger partial charge is 0.480 e. The lowest BCUT2D eigenvalue weighted by Crippen LogP contribution is -2.59. The normalized spacial score (nSPS) is 47.4. The third kappa shape index (κ3) is 1.53. The molecule has 14 heavy (non-hydrogen) atoms. The molecule has 0 unspecified atom stereocenters. The highest BCUT2D eigenvalue weighted by atomic mass is 16.4. The molecule has 2 bridgehead atoms. The minimum atomic E-state index is -1.20. The number of carboxylic acids is 1. The first-order valence-electron chi connectivity index (χ1n) is 5.18. The summed E-state index contributed by atoms with van der Waals surface area (Å²) < 4.78 is 0. The van der Waals surface area contributed by atoms with Crippen LogP contribution in [0.25, 0.3) is 0 Å². The second-order valence-corrected chi connectivity index (χ2v) is 5.03. The van der Waals surface area contributed by atoms with Gasteiger partial charge in [0, 0.05) is 6.42 Å². The molecule has 0 aliphatic heterocycles. The minimum Gasteiger partial charge on any atom is -0.480 e. The predicted octanol–water partition coefficient (Wildman–Crippen LogP) is 0.484. The summed E-state index contributed by atoms with van der Waals surface area (Å²) in [4.78, 5) is 11.0. The van der Waals surface area contributed by atoms with Crippen molar-refractivity contribution in [2.75, 3.05) is 0 Å². The van der Waals surface area contributed by atoms with Gasteiger partial charge in [-0.05, 0) is 25.2 Å². The van der Waals surface area contributed by atoms with Gasteiger partial charge in [0.15, 0.2) is 0 Å². The summed E-state index contributed by atoms with van der Waals surface area (Å²) in [6, 6.07) is 0. The van der Waals surface area contributed by atoms with Crippen LogP contribution in [0.5, 0.6) is 0 Å². The first-order chi connectivity index (χ1) is 6.44. The third-order valence-corrected chi connectivity index (χ3v) is 3.65. The Labute approximate surface area is 83.1 Å². The van der Waals surface area contributed by atoms with E-state index in [1.165, 1.54) is 0 Å². The molecule has 0 aromatic carbocycles. The second kappa shape index (κ2) is 2.94. The molecule has 2 aliphatic carbocycles. The number of hydrogen-bond donors (Lipinski definition) is 3. The zero-order chi connectivity index (χ0) is 10.4. The van der Waals surface area contributed by atoms with Crippen molar-refractivity contribution in [2.45, 2.75) is 49.7 Å². The molecule has 2 saturated carbocycles. The molecule has 2 rings (SSSR count). The molecule has 2 fully saturated rings. The molecule has 2 aliphatic rings. The van der Waals surface area contributed by atoms with Gasteiger partial charge < -0.3 is 15.9 Å². The van der Waals surface area contributed by atoms with Gasteiger partial charge in [-0.2, -0.15) is 0 Å². The second-order valence-electron chi connectivity index (χ2n) is 5.03. The summed E-state index contributed by atoms with van der Waals surface area (Å²) in [6.45, 7) is 0. The smallest absolute Gasteiger partial charge is 0.323 e. The Morgan fingerprint density at radius 1 is 1.43 bits per heavy atom. The Morgan fingerprint density at radius 3 is 2.71 bits per heavy atom. The summed E-state index contributed by atoms with van der Waals surface area (Å²) >= 11 is 0. The maximum Gasteiger partial charge on any atom is 0.323 e. The van der Waals surface area contributed by atoms with E-state index in [0.717, 1.165) is 19.3 Å². The van der Waals surface area contributed by atoms with E-state index in [0.29, 0.717) is 18.8 Å². The summed E-state index contributed by atoms with van der Waals surface area (Å²) in [5.74, 6) is -0.675. The van der Waals surface area contributed by atoms with Crippen molar-refractivity contribution < 1.29 is 15.0 Å². The van der Waals surface area contributed by atoms with E-state index in [4.69, 9.17) is 10.8 Å². The zero-order valence-electron chi connectivity index (χ0n) is 8.20. The predicted molar refractivity (Wildman–Crippen MR) is 50.7 cm³/mol. The molecule has 3 atom stereocenters. The molecule has 0 spiro atoms. The van der Waals surface area contributed by atoms with Crippen LogP contribution in [0, 0.1) is 5.92 Å². The van der Waals surface area contributed by atoms with E-state index in [1.54, 1.807) is 0 Å². The fourth-order valence-corrected chi connectivity index (χ4v) is 3.13. The molecule has 0 aromatic rings. The van der Waals surface area contributed by atoms with Gasteiger partial charge >= 0.3 is 5.97 Å². The molecule has 0 radical (unpaired) electrons. The average molecular weight is 199 g/mol. The topological polar surface area (TPSA) is 83.6 Å². The first kappa shape index (κ1) is 9.93. The van der Waals surface area contributed by atoms with Crippen LogP contribution in [0.3, 0.4) is 0 Å². The van der Waals surface area contributed by atoms with Gasteiger partial charge in [0.05, 0.1) is 5.60 Å². The van der Waals surface area contributed by atoms with E-state index in [2.05, 4.69) is 0 Å². The van der Waals surface area contributed by atoms with Gasteiger partial charge in [-0.15, -0.1) is 0 Å². The molecule has 4 heteroatoms. The van der Waals surface area contributed by atoms with Crippen LogP contribution in [0.4, 0.5) is 0 Å². The molecule has 0 amide bonds. The molecule has 4 nitrogen and oxygen atoms in total. The van der Waals surface area contributed by atoms with Crippen LogP contribution in [-0.2, 0) is 4.79 Å². The fraction of sp³-hybridized carbons (Fsp3) is 0.900. The van der Waals surface area contributed by atoms with Gasteiger partial charge in [-0.3, -0.25) is 4.79 Å². The van der Waals surface area contributed by atoms with Gasteiger partial charge in [0.2, 0.25) is 0 Å². The summed E-state index contributed by atoms with van der Waals surface area (Å²) in [5.41, 5.74) is 3.81. The molecule has 0 saturated heterocycles. The van der Waals surface area contributed by atoms with Crippen molar-refractivity contribution in [3.63, 3.8) is 0 Å². The number of aliphatic hydroxyl groups is 1. The van der Waals surface area contributed by atoms with Crippen molar-refractivity contribution in [3.8, 4) is 0 Å². The van der Waals surface area contributed by atoms with Crippen molar-refractivity contribution in [2.24, 2.45) is 11.7 Å². The SMILES string of the molecule is N[C@@]1(C(=O)O)C[C@H]2CCC[C@@](O)(C2)C1. The number of nitrogens with two attached hydrogens (primary N) is 1. The first-order valence-corrected chi connectivity index (χ1v) is 5.18. The molecule has 4 N–H and O–H groups in total. The van der Waals surface area contributed by atoms with Crippen LogP contribution in [0.2, 0.25) is 0 Å². The Kier molecular flexibility index (Phi) is 2.08. The van der Waals surface area contributed by atoms with Gasteiger partial charge in [0.1, 0.15) is 5.54 Å². The molecular formula is C10H17NO3. The van der Waals surface area contributed by atoms with E-state index in [9.17, 15) is 9.90 Å². The number of carboxylic acid groups (broad SMARTS) is 1. The van der Waals surface area contributed by atoms with Crippen LogP contribution >= 0.6 is 0 Å². The Hall–Kier alpha value is -0.610. The van der Waals surface area contributed by atoms with Crippen LogP contribution < -0.4 is 5.73 Å². The number of carbonyl (C=O) groups is 1. The maximum atomic E-state index is 11.0. The van der Waals surface area contributed by atoms with E-state index >= 15 is 0 Å². The molecular weight excluding hydrogens is 182 g/mol. The monoisotopic (exact) mass is 199 g/mol. The van der Waals surface area contributed by atoms with E-state index < -0.39 is 17.1 Å². The van der Waals surface area contributed by atoms with Crippen molar-refractivity contribution in [1.82, 2.24) is 0 Å². The lowest BCUT2D eigenvalue weighted by atomic mass is 9.62. The Morgan fingerprint density at radius 2 is 2.14 bits per heavy atom. The summed E-state index contributed by atoms with van der Waals surface area (Å²) in [5, 5.41) is 19.2. The summed E-state index contributed by atoms with van der Waals surface area (Å²) in [6.07, 6.45) is 4.18. The lowest BCUT2D eigenvalue weighted by molar-refractivity contribution is -0.154. The van der Waals surface area contributed by atoms with Gasteiger partial charge in [-0.25, -0.2) is 0 Å². The van der Waals surface area contributed by atoms with Gasteiger partial charge in [0.25, 0.3) is 0 Å². The minimum absolute atomic E-state index is 0.214. The number of aliphatic carboxylic acids is 1. The highest BCUT2D eigenvalue weighted by Crippen LogP contribution is 2.46. The maximum absolute atomic E-state index is 11.0. The highest BCUT2D eigenvalue weighted by Gasteiger charge is 2.51. The van der Waals surface area contributed by atoms with Crippen molar-refractivity contribution in [1.29, 1.82) is 0 Å². The lowest BCUT2D eigenvalue weighted by Gasteiger charge is -2.47. The standard InChI is InChI=1S/C10H17NO3/c11-10(8(12)13)5-7-2-1-3-9(14,4-7)6-10/h7,14H,1-6,11H2,(H,12,13)/t7-,9+,10-/m0/s1.